The quantitative estimate of drug-likeness (QED) is 0.785. The van der Waals surface area contributed by atoms with Gasteiger partial charge in [0, 0.05) is 24.1 Å². The van der Waals surface area contributed by atoms with E-state index in [1.165, 1.54) is 4.90 Å². The van der Waals surface area contributed by atoms with Gasteiger partial charge in [0.25, 0.3) is 5.91 Å². The van der Waals surface area contributed by atoms with Crippen LogP contribution in [0.1, 0.15) is 60.5 Å². The first-order valence-corrected chi connectivity index (χ1v) is 9.32. The van der Waals surface area contributed by atoms with Crippen molar-refractivity contribution in [3.63, 3.8) is 0 Å². The van der Waals surface area contributed by atoms with Crippen LogP contribution in [-0.4, -0.2) is 22.6 Å². The lowest BCUT2D eigenvalue weighted by Crippen LogP contribution is -2.28. The van der Waals surface area contributed by atoms with Crippen molar-refractivity contribution in [2.24, 2.45) is 0 Å². The van der Waals surface area contributed by atoms with E-state index in [9.17, 15) is 14.4 Å². The lowest BCUT2D eigenvalue weighted by Gasteiger charge is -2.16. The summed E-state index contributed by atoms with van der Waals surface area (Å²) >= 11 is 0. The number of carbonyl (C=O) groups excluding carboxylic acids is 3. The Morgan fingerprint density at radius 1 is 1.04 bits per heavy atom. The summed E-state index contributed by atoms with van der Waals surface area (Å²) in [6.45, 7) is 4.52. The Bertz CT molecular complexity index is 842. The molecular weight excluding hydrogens is 340 g/mol. The smallest absolute Gasteiger partial charge is 0.255 e. The van der Waals surface area contributed by atoms with Crippen molar-refractivity contribution in [3.8, 4) is 0 Å². The lowest BCUT2D eigenvalue weighted by molar-refractivity contribution is -0.139. The highest BCUT2D eigenvalue weighted by atomic mass is 16.2. The zero-order valence-corrected chi connectivity index (χ0v) is 15.7. The Hall–Kier alpha value is -2.95. The van der Waals surface area contributed by atoms with Crippen LogP contribution in [0.25, 0.3) is 0 Å². The maximum Gasteiger partial charge on any atom is 0.255 e. The molecule has 2 aromatic carbocycles. The number of imide groups is 1. The van der Waals surface area contributed by atoms with Gasteiger partial charge in [0.2, 0.25) is 11.8 Å². The summed E-state index contributed by atoms with van der Waals surface area (Å²) < 4.78 is 0. The van der Waals surface area contributed by atoms with E-state index < -0.39 is 0 Å². The first kappa shape index (κ1) is 18.8. The van der Waals surface area contributed by atoms with Crippen molar-refractivity contribution in [3.05, 3.63) is 65.2 Å². The topological polar surface area (TPSA) is 66.5 Å². The van der Waals surface area contributed by atoms with Gasteiger partial charge in [0.05, 0.1) is 6.54 Å². The van der Waals surface area contributed by atoms with E-state index in [2.05, 4.69) is 19.2 Å². The Labute approximate surface area is 159 Å². The number of likely N-dealkylation sites (tertiary alicyclic amines) is 1. The molecule has 3 amide bonds. The van der Waals surface area contributed by atoms with Gasteiger partial charge in [-0.25, -0.2) is 0 Å². The number of nitrogens with one attached hydrogen (secondary N) is 1. The molecule has 0 bridgehead atoms. The minimum atomic E-state index is -0.175. The number of nitrogens with zero attached hydrogens (tertiary/aromatic N) is 1. The number of anilines is 1. The van der Waals surface area contributed by atoms with Crippen LogP contribution < -0.4 is 5.32 Å². The second-order valence-electron chi connectivity index (χ2n) is 6.92. The van der Waals surface area contributed by atoms with Crippen LogP contribution in [0.5, 0.6) is 0 Å². The van der Waals surface area contributed by atoms with Crippen LogP contribution >= 0.6 is 0 Å². The monoisotopic (exact) mass is 364 g/mol. The SMILES string of the molecule is CC[C@H](C)c1ccccc1NC(=O)c1ccc(CN2C(=O)CCC2=O)cc1. The van der Waals surface area contributed by atoms with Crippen molar-refractivity contribution in [1.82, 2.24) is 4.90 Å². The van der Waals surface area contributed by atoms with Crippen molar-refractivity contribution in [2.75, 3.05) is 5.32 Å². The Morgan fingerprint density at radius 2 is 1.67 bits per heavy atom. The summed E-state index contributed by atoms with van der Waals surface area (Å²) in [5.74, 6) is -0.0861. The molecule has 2 aromatic rings. The minimum Gasteiger partial charge on any atom is -0.322 e. The normalized spacial score (nSPS) is 15.1. The zero-order chi connectivity index (χ0) is 19.4. The minimum absolute atomic E-state index is 0.136. The van der Waals surface area contributed by atoms with Crippen molar-refractivity contribution < 1.29 is 14.4 Å². The Morgan fingerprint density at radius 3 is 2.30 bits per heavy atom. The van der Waals surface area contributed by atoms with Crippen LogP contribution in [-0.2, 0) is 16.1 Å². The van der Waals surface area contributed by atoms with Crippen LogP contribution in [0.2, 0.25) is 0 Å². The summed E-state index contributed by atoms with van der Waals surface area (Å²) in [7, 11) is 0. The molecular formula is C22H24N2O3. The van der Waals surface area contributed by atoms with Crippen LogP contribution in [0, 0.1) is 0 Å². The molecule has 0 saturated carbocycles. The molecule has 140 valence electrons. The van der Waals surface area contributed by atoms with Crippen LogP contribution in [0.4, 0.5) is 5.69 Å². The average Bonchev–Trinajstić information content (AvgIpc) is 3.00. The number of carbonyl (C=O) groups is 3. The van der Waals surface area contributed by atoms with Crippen molar-refractivity contribution in [1.29, 1.82) is 0 Å². The fourth-order valence-electron chi connectivity index (χ4n) is 3.20. The number of hydrogen-bond donors (Lipinski definition) is 1. The highest BCUT2D eigenvalue weighted by Crippen LogP contribution is 2.27. The number of rotatable bonds is 6. The largest absolute Gasteiger partial charge is 0.322 e. The molecule has 0 unspecified atom stereocenters. The first-order valence-electron chi connectivity index (χ1n) is 9.32. The summed E-state index contributed by atoms with van der Waals surface area (Å²) in [6.07, 6.45) is 1.57. The predicted octanol–water partition coefficient (Wildman–Crippen LogP) is 4.10. The fraction of sp³-hybridized carbons (Fsp3) is 0.318. The molecule has 0 aromatic heterocycles. The number of amides is 3. The van der Waals surface area contributed by atoms with E-state index in [0.29, 0.717) is 11.5 Å². The van der Waals surface area contributed by atoms with Crippen molar-refractivity contribution >= 4 is 23.4 Å². The highest BCUT2D eigenvalue weighted by molar-refractivity contribution is 6.05. The Kier molecular flexibility index (Phi) is 5.69. The predicted molar refractivity (Wildman–Crippen MR) is 104 cm³/mol. The molecule has 1 fully saturated rings. The fourth-order valence-corrected chi connectivity index (χ4v) is 3.20. The summed E-state index contributed by atoms with van der Waals surface area (Å²) in [6, 6.07) is 14.9. The molecule has 0 radical (unpaired) electrons. The van der Waals surface area contributed by atoms with Gasteiger partial charge in [0.1, 0.15) is 0 Å². The van der Waals surface area contributed by atoms with Crippen molar-refractivity contribution in [2.45, 2.75) is 45.6 Å². The van der Waals surface area contributed by atoms with Gasteiger partial charge in [-0.15, -0.1) is 0 Å². The molecule has 1 N–H and O–H groups in total. The van der Waals surface area contributed by atoms with Gasteiger partial charge in [-0.05, 0) is 41.7 Å². The third-order valence-electron chi connectivity index (χ3n) is 5.06. The van der Waals surface area contributed by atoms with Gasteiger partial charge in [-0.3, -0.25) is 19.3 Å². The molecule has 0 aliphatic carbocycles. The third-order valence-corrected chi connectivity index (χ3v) is 5.06. The number of hydrogen-bond acceptors (Lipinski definition) is 3. The highest BCUT2D eigenvalue weighted by Gasteiger charge is 2.28. The number of para-hydroxylation sites is 1. The average molecular weight is 364 g/mol. The van der Waals surface area contributed by atoms with E-state index in [4.69, 9.17) is 0 Å². The molecule has 27 heavy (non-hydrogen) atoms. The summed E-state index contributed by atoms with van der Waals surface area (Å²) in [5.41, 5.74) is 3.32. The maximum absolute atomic E-state index is 12.6. The second-order valence-corrected chi connectivity index (χ2v) is 6.92. The van der Waals surface area contributed by atoms with Gasteiger partial charge in [0.15, 0.2) is 0 Å². The molecule has 1 atom stereocenters. The molecule has 1 saturated heterocycles. The van der Waals surface area contributed by atoms with Crippen LogP contribution in [0.3, 0.4) is 0 Å². The Balaban J connectivity index is 1.70. The molecule has 1 heterocycles. The van der Waals surface area contributed by atoms with E-state index in [-0.39, 0.29) is 37.1 Å². The first-order chi connectivity index (χ1) is 13.0. The molecule has 1 aliphatic rings. The van der Waals surface area contributed by atoms with Gasteiger partial charge in [-0.2, -0.15) is 0 Å². The van der Waals surface area contributed by atoms with E-state index in [1.807, 2.05) is 24.3 Å². The van der Waals surface area contributed by atoms with E-state index in [0.717, 1.165) is 23.2 Å². The molecule has 5 heteroatoms. The second kappa shape index (κ2) is 8.16. The van der Waals surface area contributed by atoms with Gasteiger partial charge < -0.3 is 5.32 Å². The van der Waals surface area contributed by atoms with Crippen LogP contribution in [0.15, 0.2) is 48.5 Å². The molecule has 1 aliphatic heterocycles. The lowest BCUT2D eigenvalue weighted by atomic mass is 9.96. The summed E-state index contributed by atoms with van der Waals surface area (Å²) in [5, 5.41) is 2.99. The zero-order valence-electron chi connectivity index (χ0n) is 15.7. The van der Waals surface area contributed by atoms with Gasteiger partial charge in [-0.1, -0.05) is 44.2 Å². The summed E-state index contributed by atoms with van der Waals surface area (Å²) in [4.78, 5) is 37.3. The maximum atomic E-state index is 12.6. The molecule has 5 nitrogen and oxygen atoms in total. The van der Waals surface area contributed by atoms with Gasteiger partial charge >= 0.3 is 0 Å². The molecule has 3 rings (SSSR count). The molecule has 0 spiro atoms. The number of benzene rings is 2. The third kappa shape index (κ3) is 4.25. The van der Waals surface area contributed by atoms with E-state index in [1.54, 1.807) is 24.3 Å². The van der Waals surface area contributed by atoms with E-state index >= 15 is 0 Å². The standard InChI is InChI=1S/C22H24N2O3/c1-3-15(2)18-6-4-5-7-19(18)23-22(27)17-10-8-16(9-11-17)14-24-20(25)12-13-21(24)26/h4-11,15H,3,12-14H2,1-2H3,(H,23,27)/t15-/m0/s1.